The number of hydrogen-bond acceptors (Lipinski definition) is 3. The number of nitrogens with one attached hydrogen (secondary N) is 2. The molecular weight excluding hydrogens is 293 g/mol. The average Bonchev–Trinajstić information content (AvgIpc) is 2.48. The molecule has 0 spiro atoms. The highest BCUT2D eigenvalue weighted by atomic mass is 32.2. The second-order valence-corrected chi connectivity index (χ2v) is 6.96. The van der Waals surface area contributed by atoms with Crippen LogP contribution in [0.15, 0.2) is 24.3 Å². The van der Waals surface area contributed by atoms with Crippen LogP contribution in [0.2, 0.25) is 0 Å². The Kier molecular flexibility index (Phi) is 5.55. The Hall–Kier alpha value is -1.18. The lowest BCUT2D eigenvalue weighted by atomic mass is 10.00. The minimum absolute atomic E-state index is 0.337. The number of rotatable bonds is 6. The highest BCUT2D eigenvalue weighted by Gasteiger charge is 2.28. The summed E-state index contributed by atoms with van der Waals surface area (Å²) in [6, 6.07) is 5.32. The average molecular weight is 315 g/mol. The minimum Gasteiger partial charge on any atom is -0.317 e. The molecule has 1 unspecified atom stereocenters. The van der Waals surface area contributed by atoms with Crippen molar-refractivity contribution in [3.05, 3.63) is 30.1 Å². The monoisotopic (exact) mass is 315 g/mol. The zero-order valence-corrected chi connectivity index (χ0v) is 13.0. The molecule has 2 rings (SSSR count). The highest BCUT2D eigenvalue weighted by molar-refractivity contribution is 7.90. The molecule has 7 heteroatoms. The van der Waals surface area contributed by atoms with E-state index in [1.807, 2.05) is 6.92 Å². The predicted octanol–water partition coefficient (Wildman–Crippen LogP) is 1.80. The highest BCUT2D eigenvalue weighted by Crippen LogP contribution is 2.20. The van der Waals surface area contributed by atoms with E-state index in [2.05, 4.69) is 10.0 Å². The molecule has 1 aliphatic rings. The van der Waals surface area contributed by atoms with Crippen LogP contribution in [0.3, 0.4) is 0 Å². The Morgan fingerprint density at radius 3 is 2.71 bits per heavy atom. The van der Waals surface area contributed by atoms with Crippen LogP contribution in [-0.2, 0) is 10.2 Å². The first-order valence-corrected chi connectivity index (χ1v) is 8.69. The maximum absolute atomic E-state index is 12.8. The maximum atomic E-state index is 12.8. The molecule has 21 heavy (non-hydrogen) atoms. The molecule has 0 aromatic heterocycles. The van der Waals surface area contributed by atoms with Crippen LogP contribution in [0.4, 0.5) is 10.1 Å². The van der Waals surface area contributed by atoms with Crippen molar-refractivity contribution >= 4 is 15.9 Å². The van der Waals surface area contributed by atoms with Crippen molar-refractivity contribution in [2.45, 2.75) is 19.8 Å². The quantitative estimate of drug-likeness (QED) is 0.841. The van der Waals surface area contributed by atoms with Crippen LogP contribution in [0.1, 0.15) is 19.8 Å². The number of piperidine rings is 1. The van der Waals surface area contributed by atoms with Gasteiger partial charge in [0.05, 0.1) is 0 Å². The Bertz CT molecular complexity index is 548. The van der Waals surface area contributed by atoms with Gasteiger partial charge in [0.15, 0.2) is 0 Å². The third-order valence-corrected chi connectivity index (χ3v) is 5.10. The fraction of sp³-hybridized carbons (Fsp3) is 0.571. The van der Waals surface area contributed by atoms with Crippen LogP contribution in [-0.4, -0.2) is 38.9 Å². The zero-order chi connectivity index (χ0) is 15.3. The lowest BCUT2D eigenvalue weighted by molar-refractivity contribution is 0.262. The topological polar surface area (TPSA) is 61.4 Å². The lowest BCUT2D eigenvalue weighted by Gasteiger charge is -2.32. The fourth-order valence-corrected chi connectivity index (χ4v) is 3.83. The van der Waals surface area contributed by atoms with Gasteiger partial charge in [-0.25, -0.2) is 4.39 Å². The molecule has 1 aromatic rings. The largest absolute Gasteiger partial charge is 0.317 e. The Morgan fingerprint density at radius 2 is 2.05 bits per heavy atom. The van der Waals surface area contributed by atoms with Gasteiger partial charge in [0.2, 0.25) is 0 Å². The summed E-state index contributed by atoms with van der Waals surface area (Å²) in [7, 11) is -3.57. The predicted molar refractivity (Wildman–Crippen MR) is 81.8 cm³/mol. The first-order chi connectivity index (χ1) is 10.0. The smallest absolute Gasteiger partial charge is 0.301 e. The van der Waals surface area contributed by atoms with Gasteiger partial charge in [-0.3, -0.25) is 4.72 Å². The molecule has 0 saturated carbocycles. The summed E-state index contributed by atoms with van der Waals surface area (Å²) in [6.45, 7) is 4.80. The van der Waals surface area contributed by atoms with E-state index in [9.17, 15) is 12.8 Å². The third-order valence-electron chi connectivity index (χ3n) is 3.60. The first kappa shape index (κ1) is 16.2. The van der Waals surface area contributed by atoms with Gasteiger partial charge < -0.3 is 5.32 Å². The molecule has 1 aliphatic heterocycles. The van der Waals surface area contributed by atoms with Crippen molar-refractivity contribution in [1.29, 1.82) is 0 Å². The minimum atomic E-state index is -3.57. The van der Waals surface area contributed by atoms with Gasteiger partial charge in [0, 0.05) is 18.8 Å². The molecule has 0 radical (unpaired) electrons. The first-order valence-electron chi connectivity index (χ1n) is 7.25. The number of anilines is 1. The zero-order valence-electron chi connectivity index (χ0n) is 12.2. The standard InChI is InChI=1S/C14H22FN3O2S/c1-2-16-10-12-4-3-9-18(11-12)21(19,20)17-14-7-5-13(15)6-8-14/h5-8,12,16-17H,2-4,9-11H2,1H3. The third kappa shape index (κ3) is 4.66. The van der Waals surface area contributed by atoms with E-state index in [-0.39, 0.29) is 5.82 Å². The van der Waals surface area contributed by atoms with E-state index in [0.717, 1.165) is 25.9 Å². The molecule has 1 aromatic carbocycles. The van der Waals surface area contributed by atoms with E-state index in [1.165, 1.54) is 28.6 Å². The molecule has 0 amide bonds. The maximum Gasteiger partial charge on any atom is 0.301 e. The van der Waals surface area contributed by atoms with Gasteiger partial charge in [-0.1, -0.05) is 6.92 Å². The van der Waals surface area contributed by atoms with Crippen molar-refractivity contribution in [2.75, 3.05) is 30.9 Å². The van der Waals surface area contributed by atoms with Gasteiger partial charge in [-0.15, -0.1) is 0 Å². The Morgan fingerprint density at radius 1 is 1.33 bits per heavy atom. The Balaban J connectivity index is 1.99. The van der Waals surface area contributed by atoms with Gasteiger partial charge >= 0.3 is 10.2 Å². The van der Waals surface area contributed by atoms with Crippen LogP contribution >= 0.6 is 0 Å². The van der Waals surface area contributed by atoms with Crippen molar-refractivity contribution in [2.24, 2.45) is 5.92 Å². The molecule has 1 atom stereocenters. The van der Waals surface area contributed by atoms with Crippen molar-refractivity contribution in [1.82, 2.24) is 9.62 Å². The summed E-state index contributed by atoms with van der Waals surface area (Å²) >= 11 is 0. The summed E-state index contributed by atoms with van der Waals surface area (Å²) < 4.78 is 41.5. The molecule has 118 valence electrons. The van der Waals surface area contributed by atoms with Crippen molar-refractivity contribution < 1.29 is 12.8 Å². The molecule has 1 heterocycles. The number of halogens is 1. The normalized spacial score (nSPS) is 20.4. The second kappa shape index (κ2) is 7.20. The van der Waals surface area contributed by atoms with Crippen LogP contribution in [0, 0.1) is 11.7 Å². The summed E-state index contributed by atoms with van der Waals surface area (Å²) in [6.07, 6.45) is 1.90. The SMILES string of the molecule is CCNCC1CCCN(S(=O)(=O)Nc2ccc(F)cc2)C1. The number of benzene rings is 1. The van der Waals surface area contributed by atoms with Gasteiger partial charge in [-0.2, -0.15) is 12.7 Å². The summed E-state index contributed by atoms with van der Waals surface area (Å²) in [5.41, 5.74) is 0.380. The van der Waals surface area contributed by atoms with E-state index in [1.54, 1.807) is 0 Å². The van der Waals surface area contributed by atoms with E-state index in [0.29, 0.717) is 24.7 Å². The van der Waals surface area contributed by atoms with Gasteiger partial charge in [0.25, 0.3) is 0 Å². The molecule has 0 aliphatic carbocycles. The van der Waals surface area contributed by atoms with Gasteiger partial charge in [0.1, 0.15) is 5.82 Å². The fourth-order valence-electron chi connectivity index (χ4n) is 2.49. The molecule has 2 N–H and O–H groups in total. The van der Waals surface area contributed by atoms with E-state index in [4.69, 9.17) is 0 Å². The second-order valence-electron chi connectivity index (χ2n) is 5.29. The van der Waals surface area contributed by atoms with E-state index < -0.39 is 10.2 Å². The number of hydrogen-bond donors (Lipinski definition) is 2. The molecule has 5 nitrogen and oxygen atoms in total. The van der Waals surface area contributed by atoms with Crippen molar-refractivity contribution in [3.63, 3.8) is 0 Å². The summed E-state index contributed by atoms with van der Waals surface area (Å²) in [4.78, 5) is 0. The van der Waals surface area contributed by atoms with Crippen LogP contribution in [0.25, 0.3) is 0 Å². The molecule has 1 saturated heterocycles. The molecular formula is C14H22FN3O2S. The summed E-state index contributed by atoms with van der Waals surface area (Å²) in [5.74, 6) is -0.0508. The van der Waals surface area contributed by atoms with Crippen LogP contribution in [0.5, 0.6) is 0 Å². The summed E-state index contributed by atoms with van der Waals surface area (Å²) in [5, 5.41) is 3.26. The van der Waals surface area contributed by atoms with Crippen LogP contribution < -0.4 is 10.0 Å². The molecule has 0 bridgehead atoms. The van der Waals surface area contributed by atoms with Gasteiger partial charge in [-0.05, 0) is 56.1 Å². The van der Waals surface area contributed by atoms with E-state index >= 15 is 0 Å². The number of nitrogens with zero attached hydrogens (tertiary/aromatic N) is 1. The molecule has 1 fully saturated rings. The lowest BCUT2D eigenvalue weighted by Crippen LogP contribution is -2.45. The Labute approximate surface area is 125 Å². The van der Waals surface area contributed by atoms with Crippen molar-refractivity contribution in [3.8, 4) is 0 Å².